The lowest BCUT2D eigenvalue weighted by Crippen LogP contribution is -2.10. The summed E-state index contributed by atoms with van der Waals surface area (Å²) in [6, 6.07) is 10.3. The van der Waals surface area contributed by atoms with Crippen molar-refractivity contribution in [3.8, 4) is 11.3 Å². The van der Waals surface area contributed by atoms with Gasteiger partial charge in [0.25, 0.3) is 0 Å². The van der Waals surface area contributed by atoms with Crippen LogP contribution in [0.1, 0.15) is 5.56 Å². The number of aromatic nitrogens is 2. The van der Waals surface area contributed by atoms with Gasteiger partial charge in [-0.1, -0.05) is 24.3 Å². The normalized spacial score (nSPS) is 10.4. The molecule has 0 amide bonds. The van der Waals surface area contributed by atoms with Gasteiger partial charge in [-0.25, -0.2) is 9.97 Å². The van der Waals surface area contributed by atoms with Crippen LogP contribution in [0.15, 0.2) is 36.7 Å². The van der Waals surface area contributed by atoms with E-state index in [-0.39, 0.29) is 0 Å². The Hall–Kier alpha value is -1.94. The van der Waals surface area contributed by atoms with Gasteiger partial charge in [0, 0.05) is 25.7 Å². The van der Waals surface area contributed by atoms with Crippen LogP contribution < -0.4 is 10.6 Å². The highest BCUT2D eigenvalue weighted by Crippen LogP contribution is 2.20. The van der Waals surface area contributed by atoms with Crippen molar-refractivity contribution in [3.05, 3.63) is 42.2 Å². The minimum atomic E-state index is 0.678. The summed E-state index contributed by atoms with van der Waals surface area (Å²) in [6.07, 6.45) is 2.51. The molecule has 4 nitrogen and oxygen atoms in total. The van der Waals surface area contributed by atoms with Gasteiger partial charge in [0.15, 0.2) is 0 Å². The second kappa shape index (κ2) is 5.60. The van der Waals surface area contributed by atoms with Crippen molar-refractivity contribution in [3.63, 3.8) is 0 Å². The summed E-state index contributed by atoms with van der Waals surface area (Å²) in [5, 5.41) is 0. The van der Waals surface area contributed by atoms with E-state index in [1.165, 1.54) is 5.56 Å². The van der Waals surface area contributed by atoms with E-state index in [4.69, 9.17) is 5.73 Å². The van der Waals surface area contributed by atoms with Crippen LogP contribution in [0.3, 0.4) is 0 Å². The Bertz CT molecular complexity index is 505. The standard InChI is InChI=1S/C14H18N4/c1-18(2)14-9-13(16-10-17-14)12-5-3-11(4-6-12)7-8-15/h3-6,9-10H,7-8,15H2,1-2H3. The molecular weight excluding hydrogens is 224 g/mol. The predicted molar refractivity (Wildman–Crippen MR) is 74.6 cm³/mol. The fourth-order valence-corrected chi connectivity index (χ4v) is 1.76. The zero-order chi connectivity index (χ0) is 13.0. The smallest absolute Gasteiger partial charge is 0.132 e. The molecule has 0 spiro atoms. The van der Waals surface area contributed by atoms with Gasteiger partial charge < -0.3 is 10.6 Å². The Labute approximate surface area is 107 Å². The number of anilines is 1. The summed E-state index contributed by atoms with van der Waals surface area (Å²) in [7, 11) is 3.94. The van der Waals surface area contributed by atoms with Crippen LogP contribution in [0.2, 0.25) is 0 Å². The predicted octanol–water partition coefficient (Wildman–Crippen LogP) is 1.71. The molecule has 0 aliphatic rings. The Morgan fingerprint density at radius 3 is 2.44 bits per heavy atom. The molecule has 0 radical (unpaired) electrons. The second-order valence-corrected chi connectivity index (χ2v) is 4.39. The van der Waals surface area contributed by atoms with E-state index in [1.54, 1.807) is 6.33 Å². The monoisotopic (exact) mass is 242 g/mol. The lowest BCUT2D eigenvalue weighted by Gasteiger charge is -2.11. The minimum absolute atomic E-state index is 0.678. The van der Waals surface area contributed by atoms with Crippen molar-refractivity contribution >= 4 is 5.82 Å². The van der Waals surface area contributed by atoms with Crippen LogP contribution in [0.25, 0.3) is 11.3 Å². The van der Waals surface area contributed by atoms with Gasteiger partial charge in [-0.3, -0.25) is 0 Å². The third-order valence-electron chi connectivity index (χ3n) is 2.79. The van der Waals surface area contributed by atoms with Crippen molar-refractivity contribution in [1.82, 2.24) is 9.97 Å². The summed E-state index contributed by atoms with van der Waals surface area (Å²) in [4.78, 5) is 10.5. The highest BCUT2D eigenvalue weighted by Gasteiger charge is 2.03. The first-order chi connectivity index (χ1) is 8.70. The van der Waals surface area contributed by atoms with Gasteiger partial charge in [-0.05, 0) is 18.5 Å². The first-order valence-electron chi connectivity index (χ1n) is 5.99. The maximum atomic E-state index is 5.54. The second-order valence-electron chi connectivity index (χ2n) is 4.39. The molecule has 0 saturated heterocycles. The molecule has 0 bridgehead atoms. The number of hydrogen-bond donors (Lipinski definition) is 1. The van der Waals surface area contributed by atoms with E-state index in [0.29, 0.717) is 6.54 Å². The Morgan fingerprint density at radius 2 is 1.83 bits per heavy atom. The van der Waals surface area contributed by atoms with E-state index in [9.17, 15) is 0 Å². The van der Waals surface area contributed by atoms with E-state index in [0.717, 1.165) is 23.5 Å². The van der Waals surface area contributed by atoms with E-state index < -0.39 is 0 Å². The lowest BCUT2D eigenvalue weighted by atomic mass is 10.1. The molecule has 18 heavy (non-hydrogen) atoms. The van der Waals surface area contributed by atoms with E-state index in [1.807, 2.05) is 25.1 Å². The molecule has 0 saturated carbocycles. The van der Waals surface area contributed by atoms with E-state index >= 15 is 0 Å². The van der Waals surface area contributed by atoms with Gasteiger partial charge in [-0.15, -0.1) is 0 Å². The molecule has 0 aliphatic heterocycles. The van der Waals surface area contributed by atoms with Gasteiger partial charge in [0.05, 0.1) is 5.69 Å². The molecule has 2 rings (SSSR count). The maximum Gasteiger partial charge on any atom is 0.132 e. The van der Waals surface area contributed by atoms with Crippen LogP contribution in [0.4, 0.5) is 5.82 Å². The van der Waals surface area contributed by atoms with Crippen LogP contribution in [0.5, 0.6) is 0 Å². The van der Waals surface area contributed by atoms with Gasteiger partial charge in [0.1, 0.15) is 12.1 Å². The number of rotatable bonds is 4. The van der Waals surface area contributed by atoms with Crippen LogP contribution in [0, 0.1) is 0 Å². The van der Waals surface area contributed by atoms with Crippen LogP contribution >= 0.6 is 0 Å². The summed E-state index contributed by atoms with van der Waals surface area (Å²) in [6.45, 7) is 0.678. The molecule has 0 aliphatic carbocycles. The molecule has 1 heterocycles. The Morgan fingerprint density at radius 1 is 1.11 bits per heavy atom. The Kier molecular flexibility index (Phi) is 3.89. The van der Waals surface area contributed by atoms with Crippen molar-refractivity contribution in [1.29, 1.82) is 0 Å². The molecule has 2 aromatic rings. The fourth-order valence-electron chi connectivity index (χ4n) is 1.76. The topological polar surface area (TPSA) is 55.0 Å². The summed E-state index contributed by atoms with van der Waals surface area (Å²) in [5.74, 6) is 0.908. The number of benzene rings is 1. The number of hydrogen-bond acceptors (Lipinski definition) is 4. The molecule has 94 valence electrons. The fraction of sp³-hybridized carbons (Fsp3) is 0.286. The van der Waals surface area contributed by atoms with Crippen molar-refractivity contribution in [2.24, 2.45) is 5.73 Å². The van der Waals surface area contributed by atoms with Gasteiger partial charge >= 0.3 is 0 Å². The molecule has 0 unspecified atom stereocenters. The molecule has 1 aromatic heterocycles. The van der Waals surface area contributed by atoms with Crippen molar-refractivity contribution in [2.45, 2.75) is 6.42 Å². The zero-order valence-electron chi connectivity index (χ0n) is 10.8. The lowest BCUT2D eigenvalue weighted by molar-refractivity contribution is 0.969. The third-order valence-corrected chi connectivity index (χ3v) is 2.79. The first kappa shape index (κ1) is 12.5. The summed E-state index contributed by atoms with van der Waals surface area (Å²) in [5.41, 5.74) is 8.83. The maximum absolute atomic E-state index is 5.54. The quantitative estimate of drug-likeness (QED) is 0.886. The molecular formula is C14H18N4. The SMILES string of the molecule is CN(C)c1cc(-c2ccc(CCN)cc2)ncn1. The minimum Gasteiger partial charge on any atom is -0.363 e. The average molecular weight is 242 g/mol. The molecule has 4 heteroatoms. The van der Waals surface area contributed by atoms with Crippen LogP contribution in [-0.2, 0) is 6.42 Å². The third kappa shape index (κ3) is 2.84. The molecule has 1 aromatic carbocycles. The summed E-state index contributed by atoms with van der Waals surface area (Å²) >= 11 is 0. The van der Waals surface area contributed by atoms with E-state index in [2.05, 4.69) is 34.2 Å². The first-order valence-corrected chi connectivity index (χ1v) is 5.99. The number of nitrogens with zero attached hydrogens (tertiary/aromatic N) is 3. The molecule has 2 N–H and O–H groups in total. The average Bonchev–Trinajstić information content (AvgIpc) is 2.40. The highest BCUT2D eigenvalue weighted by atomic mass is 15.1. The highest BCUT2D eigenvalue weighted by molar-refractivity contribution is 5.62. The van der Waals surface area contributed by atoms with Crippen LogP contribution in [-0.4, -0.2) is 30.6 Å². The largest absolute Gasteiger partial charge is 0.363 e. The van der Waals surface area contributed by atoms with Gasteiger partial charge in [0.2, 0.25) is 0 Å². The summed E-state index contributed by atoms with van der Waals surface area (Å²) < 4.78 is 0. The molecule has 0 atom stereocenters. The number of nitrogens with two attached hydrogens (primary N) is 1. The van der Waals surface area contributed by atoms with Crippen molar-refractivity contribution < 1.29 is 0 Å². The zero-order valence-corrected chi connectivity index (χ0v) is 10.8. The Balaban J connectivity index is 2.28. The van der Waals surface area contributed by atoms with Gasteiger partial charge in [-0.2, -0.15) is 0 Å². The van der Waals surface area contributed by atoms with Crippen molar-refractivity contribution in [2.75, 3.05) is 25.5 Å². The molecule has 0 fully saturated rings.